The number of carbonyl (C=O) groups excluding carboxylic acids is 2. The fourth-order valence-corrected chi connectivity index (χ4v) is 3.32. The number of benzene rings is 3. The molecule has 0 saturated carbocycles. The predicted molar refractivity (Wildman–Crippen MR) is 138 cm³/mol. The van der Waals surface area contributed by atoms with Gasteiger partial charge in [-0.15, -0.1) is 0 Å². The van der Waals surface area contributed by atoms with Crippen LogP contribution in [-0.2, 0) is 4.79 Å². The maximum Gasteiger partial charge on any atom is 0.255 e. The van der Waals surface area contributed by atoms with Crippen molar-refractivity contribution in [1.29, 1.82) is 0 Å². The molecule has 0 aliphatic rings. The fraction of sp³-hybridized carbons (Fsp3) is 0. The summed E-state index contributed by atoms with van der Waals surface area (Å²) >= 11 is 5.21. The van der Waals surface area contributed by atoms with E-state index in [1.54, 1.807) is 48.5 Å². The third kappa shape index (κ3) is 6.27. The topological polar surface area (TPSA) is 83.4 Å². The van der Waals surface area contributed by atoms with E-state index in [0.717, 1.165) is 11.3 Å². The summed E-state index contributed by atoms with van der Waals surface area (Å²) in [5.74, 6) is 0.701. The van der Waals surface area contributed by atoms with E-state index in [9.17, 15) is 9.59 Å². The Bertz CT molecular complexity index is 1310. The van der Waals surface area contributed by atoms with Crippen molar-refractivity contribution >= 4 is 46.6 Å². The van der Waals surface area contributed by atoms with E-state index in [4.69, 9.17) is 16.6 Å². The molecule has 2 amide bonds. The van der Waals surface area contributed by atoms with Crippen molar-refractivity contribution in [3.05, 3.63) is 114 Å². The van der Waals surface area contributed by atoms with Gasteiger partial charge in [-0.1, -0.05) is 48.5 Å². The normalized spacial score (nSPS) is 10.6. The molecule has 0 atom stereocenters. The van der Waals surface area contributed by atoms with Crippen LogP contribution in [0.3, 0.4) is 0 Å². The van der Waals surface area contributed by atoms with Gasteiger partial charge in [-0.2, -0.15) is 0 Å². The zero-order chi connectivity index (χ0) is 23.8. The summed E-state index contributed by atoms with van der Waals surface area (Å²) in [6.07, 6.45) is 2.93. The van der Waals surface area contributed by atoms with Crippen LogP contribution in [0.4, 0.5) is 11.4 Å². The maximum atomic E-state index is 12.2. The summed E-state index contributed by atoms with van der Waals surface area (Å²) in [4.78, 5) is 24.4. The van der Waals surface area contributed by atoms with Crippen LogP contribution < -0.4 is 16.0 Å². The Morgan fingerprint density at radius 3 is 2.03 bits per heavy atom. The second kappa shape index (κ2) is 10.9. The highest BCUT2D eigenvalue weighted by Crippen LogP contribution is 2.22. The Labute approximate surface area is 202 Å². The number of nitrogens with one attached hydrogen (secondary N) is 3. The summed E-state index contributed by atoms with van der Waals surface area (Å²) < 4.78 is 5.74. The maximum absolute atomic E-state index is 12.2. The molecule has 3 aromatic carbocycles. The lowest BCUT2D eigenvalue weighted by molar-refractivity contribution is -0.115. The van der Waals surface area contributed by atoms with Crippen molar-refractivity contribution < 1.29 is 14.0 Å². The van der Waals surface area contributed by atoms with Gasteiger partial charge in [0.1, 0.15) is 11.5 Å². The molecule has 0 radical (unpaired) electrons. The first-order valence-electron chi connectivity index (χ1n) is 10.5. The van der Waals surface area contributed by atoms with Crippen LogP contribution in [0.2, 0.25) is 0 Å². The molecule has 0 aliphatic heterocycles. The van der Waals surface area contributed by atoms with Crippen LogP contribution in [0.25, 0.3) is 17.4 Å². The van der Waals surface area contributed by atoms with E-state index < -0.39 is 0 Å². The van der Waals surface area contributed by atoms with Crippen molar-refractivity contribution in [3.8, 4) is 11.3 Å². The van der Waals surface area contributed by atoms with Crippen molar-refractivity contribution in [1.82, 2.24) is 5.32 Å². The number of hydrogen-bond donors (Lipinski definition) is 3. The first kappa shape index (κ1) is 22.7. The second-order valence-electron chi connectivity index (χ2n) is 7.24. The molecule has 0 fully saturated rings. The standard InChI is InChI=1S/C27H21N3O3S/c31-25(18-16-23-15-17-24(33-23)19-7-3-1-4-8-19)30-27(34)29-22-13-11-21(12-14-22)28-26(32)20-9-5-2-6-10-20/h1-18H,(H,28,32)(H2,29,30,31,34)/b18-16+. The van der Waals surface area contributed by atoms with Crippen molar-refractivity contribution in [2.24, 2.45) is 0 Å². The molecule has 34 heavy (non-hydrogen) atoms. The van der Waals surface area contributed by atoms with Gasteiger partial charge in [-0.05, 0) is 66.8 Å². The van der Waals surface area contributed by atoms with Crippen LogP contribution in [0.1, 0.15) is 16.1 Å². The zero-order valence-corrected chi connectivity index (χ0v) is 18.8. The molecule has 0 bridgehead atoms. The van der Waals surface area contributed by atoms with Gasteiger partial charge in [0.2, 0.25) is 5.91 Å². The van der Waals surface area contributed by atoms with Gasteiger partial charge in [0.15, 0.2) is 5.11 Å². The monoisotopic (exact) mass is 467 g/mol. The first-order valence-corrected chi connectivity index (χ1v) is 10.9. The minimum Gasteiger partial charge on any atom is -0.457 e. The molecule has 7 heteroatoms. The molecule has 6 nitrogen and oxygen atoms in total. The highest BCUT2D eigenvalue weighted by atomic mass is 32.1. The van der Waals surface area contributed by atoms with Crippen molar-refractivity contribution in [2.45, 2.75) is 0 Å². The van der Waals surface area contributed by atoms with E-state index in [0.29, 0.717) is 22.7 Å². The third-order valence-electron chi connectivity index (χ3n) is 4.76. The third-order valence-corrected chi connectivity index (χ3v) is 4.96. The number of amides is 2. The Hall–Kier alpha value is -4.49. The second-order valence-corrected chi connectivity index (χ2v) is 7.65. The molecular weight excluding hydrogens is 446 g/mol. The summed E-state index contributed by atoms with van der Waals surface area (Å²) in [7, 11) is 0. The average molecular weight is 468 g/mol. The van der Waals surface area contributed by atoms with Crippen molar-refractivity contribution in [3.63, 3.8) is 0 Å². The molecule has 0 aliphatic carbocycles. The molecule has 3 N–H and O–H groups in total. The van der Waals surface area contributed by atoms with E-state index in [1.165, 1.54) is 6.08 Å². The fourth-order valence-electron chi connectivity index (χ4n) is 3.10. The predicted octanol–water partition coefficient (Wildman–Crippen LogP) is 5.73. The van der Waals surface area contributed by atoms with Crippen LogP contribution >= 0.6 is 12.2 Å². The molecule has 0 saturated heterocycles. The van der Waals surface area contributed by atoms with Crippen molar-refractivity contribution in [2.75, 3.05) is 10.6 Å². The quantitative estimate of drug-likeness (QED) is 0.249. The van der Waals surface area contributed by atoms with E-state index in [-0.39, 0.29) is 16.9 Å². The SMILES string of the molecule is O=C(/C=C/c1ccc(-c2ccccc2)o1)NC(=S)Nc1ccc(NC(=O)c2ccccc2)cc1. The highest BCUT2D eigenvalue weighted by Gasteiger charge is 2.07. The minimum absolute atomic E-state index is 0.153. The number of rotatable bonds is 6. The number of thiocarbonyl (C=S) groups is 1. The molecule has 1 aromatic heterocycles. The Morgan fingerprint density at radius 1 is 0.735 bits per heavy atom. The number of hydrogen-bond acceptors (Lipinski definition) is 4. The lowest BCUT2D eigenvalue weighted by Gasteiger charge is -2.10. The summed E-state index contributed by atoms with van der Waals surface area (Å²) in [6.45, 7) is 0. The molecule has 4 aromatic rings. The molecule has 0 unspecified atom stereocenters. The van der Waals surface area contributed by atoms with Crippen LogP contribution in [0, 0.1) is 0 Å². The van der Waals surface area contributed by atoms with E-state index in [2.05, 4.69) is 16.0 Å². The van der Waals surface area contributed by atoms with Crippen LogP contribution in [0.5, 0.6) is 0 Å². The Morgan fingerprint density at radius 2 is 1.35 bits per heavy atom. The van der Waals surface area contributed by atoms with Crippen LogP contribution in [-0.4, -0.2) is 16.9 Å². The molecule has 4 rings (SSSR count). The van der Waals surface area contributed by atoms with E-state index in [1.807, 2.05) is 54.6 Å². The first-order chi connectivity index (χ1) is 16.6. The lowest BCUT2D eigenvalue weighted by Crippen LogP contribution is -2.32. The molecule has 1 heterocycles. The van der Waals surface area contributed by atoms with Gasteiger partial charge >= 0.3 is 0 Å². The van der Waals surface area contributed by atoms with Gasteiger partial charge in [0.25, 0.3) is 5.91 Å². The Kier molecular flexibility index (Phi) is 7.27. The summed E-state index contributed by atoms with van der Waals surface area (Å²) in [5.41, 5.74) is 2.85. The van der Waals surface area contributed by atoms with Gasteiger partial charge in [0.05, 0.1) is 0 Å². The smallest absolute Gasteiger partial charge is 0.255 e. The van der Waals surface area contributed by atoms with Crippen LogP contribution in [0.15, 0.2) is 108 Å². The Balaban J connectivity index is 1.26. The van der Waals surface area contributed by atoms with Gasteiger partial charge in [-0.25, -0.2) is 0 Å². The highest BCUT2D eigenvalue weighted by molar-refractivity contribution is 7.80. The van der Waals surface area contributed by atoms with E-state index >= 15 is 0 Å². The molecule has 168 valence electrons. The van der Waals surface area contributed by atoms with Gasteiger partial charge < -0.3 is 15.1 Å². The molecule has 0 spiro atoms. The van der Waals surface area contributed by atoms with Gasteiger partial charge in [0, 0.05) is 28.6 Å². The number of carbonyl (C=O) groups is 2. The largest absolute Gasteiger partial charge is 0.457 e. The zero-order valence-electron chi connectivity index (χ0n) is 18.0. The summed E-state index contributed by atoms with van der Waals surface area (Å²) in [6, 6.07) is 29.3. The lowest BCUT2D eigenvalue weighted by atomic mass is 10.2. The average Bonchev–Trinajstić information content (AvgIpc) is 3.34. The van der Waals surface area contributed by atoms with Gasteiger partial charge in [-0.3, -0.25) is 14.9 Å². The minimum atomic E-state index is -0.387. The number of furan rings is 1. The molecular formula is C27H21N3O3S. The summed E-state index contributed by atoms with van der Waals surface area (Å²) in [5, 5.41) is 8.51. The number of anilines is 2.